The number of piperidine rings is 1. The number of amides is 1. The van der Waals surface area contributed by atoms with Crippen molar-refractivity contribution in [1.29, 1.82) is 0 Å². The van der Waals surface area contributed by atoms with Crippen molar-refractivity contribution in [3.63, 3.8) is 0 Å². The molecule has 2 saturated heterocycles. The number of aliphatic hydroxyl groups is 1. The van der Waals surface area contributed by atoms with Crippen molar-refractivity contribution in [1.82, 2.24) is 9.88 Å². The maximum absolute atomic E-state index is 12.5. The van der Waals surface area contributed by atoms with Crippen LogP contribution in [0.25, 0.3) is 0 Å². The highest BCUT2D eigenvalue weighted by atomic mass is 79.9. The van der Waals surface area contributed by atoms with E-state index in [1.165, 1.54) is 22.7 Å². The van der Waals surface area contributed by atoms with Gasteiger partial charge in [-0.15, -0.1) is 22.7 Å². The third-order valence-electron chi connectivity index (χ3n) is 4.81. The van der Waals surface area contributed by atoms with Crippen molar-refractivity contribution in [2.45, 2.75) is 30.5 Å². The van der Waals surface area contributed by atoms with Crippen molar-refractivity contribution >= 4 is 44.5 Å². The lowest BCUT2D eigenvalue weighted by molar-refractivity contribution is -0.0430. The number of nitrogens with zero attached hydrogens (tertiary/aromatic N) is 2. The summed E-state index contributed by atoms with van der Waals surface area (Å²) in [5.41, 5.74) is -1.33. The zero-order valence-corrected chi connectivity index (χ0v) is 16.1. The summed E-state index contributed by atoms with van der Waals surface area (Å²) in [6.07, 6.45) is 3.77. The van der Waals surface area contributed by atoms with Crippen molar-refractivity contribution in [2.24, 2.45) is 0 Å². The minimum absolute atomic E-state index is 0.0775. The van der Waals surface area contributed by atoms with Crippen molar-refractivity contribution in [3.8, 4) is 0 Å². The number of thiophene rings is 1. The lowest BCUT2D eigenvalue weighted by Gasteiger charge is -2.38. The van der Waals surface area contributed by atoms with Crippen LogP contribution in [0.1, 0.15) is 33.9 Å². The molecule has 4 rings (SSSR count). The molecule has 0 aliphatic carbocycles. The van der Waals surface area contributed by atoms with Crippen LogP contribution in [0.3, 0.4) is 0 Å². The van der Waals surface area contributed by atoms with E-state index in [0.717, 1.165) is 26.5 Å². The Morgan fingerprint density at radius 2 is 2.17 bits per heavy atom. The molecule has 0 aromatic carbocycles. The highest BCUT2D eigenvalue weighted by molar-refractivity contribution is 9.11. The summed E-state index contributed by atoms with van der Waals surface area (Å²) in [5, 5.41) is 13.5. The van der Waals surface area contributed by atoms with Gasteiger partial charge in [0.2, 0.25) is 0 Å². The Hall–Kier alpha value is -0.800. The average molecular weight is 429 g/mol. The quantitative estimate of drug-likeness (QED) is 0.796. The fourth-order valence-electron chi connectivity index (χ4n) is 3.52. The third kappa shape index (κ3) is 2.94. The number of likely N-dealkylation sites (tertiary alicyclic amines) is 1. The molecule has 0 radical (unpaired) electrons. The predicted molar refractivity (Wildman–Crippen MR) is 96.5 cm³/mol. The van der Waals surface area contributed by atoms with Crippen LogP contribution in [0.2, 0.25) is 0 Å². The van der Waals surface area contributed by atoms with Gasteiger partial charge in [-0.1, -0.05) is 0 Å². The highest BCUT2D eigenvalue weighted by Gasteiger charge is 2.52. The molecule has 1 spiro atoms. The van der Waals surface area contributed by atoms with Crippen LogP contribution in [0.5, 0.6) is 0 Å². The van der Waals surface area contributed by atoms with Crippen LogP contribution >= 0.6 is 38.6 Å². The second-order valence-electron chi connectivity index (χ2n) is 6.41. The lowest BCUT2D eigenvalue weighted by Crippen LogP contribution is -2.46. The number of rotatable bonds is 2. The first-order valence-electron chi connectivity index (χ1n) is 7.81. The van der Waals surface area contributed by atoms with Crippen LogP contribution in [0, 0.1) is 0 Å². The fraction of sp³-hybridized carbons (Fsp3) is 0.500. The average Bonchev–Trinajstić information content (AvgIpc) is 3.29. The fourth-order valence-corrected chi connectivity index (χ4v) is 5.60. The molecule has 1 atom stereocenters. The molecule has 2 fully saturated rings. The van der Waals surface area contributed by atoms with E-state index < -0.39 is 5.60 Å². The summed E-state index contributed by atoms with van der Waals surface area (Å²) >= 11 is 6.32. The molecule has 0 unspecified atom stereocenters. The minimum Gasteiger partial charge on any atom is -0.380 e. The molecular formula is C16H17BrN2O3S2. The predicted octanol–water partition coefficient (Wildman–Crippen LogP) is 3.25. The lowest BCUT2D eigenvalue weighted by atomic mass is 9.83. The highest BCUT2D eigenvalue weighted by Crippen LogP contribution is 2.45. The first-order chi connectivity index (χ1) is 11.5. The molecule has 24 heavy (non-hydrogen) atoms. The Labute approximate surface area is 156 Å². The Morgan fingerprint density at radius 1 is 1.38 bits per heavy atom. The van der Waals surface area contributed by atoms with Crippen LogP contribution in [0.4, 0.5) is 0 Å². The zero-order chi connectivity index (χ0) is 16.8. The van der Waals surface area contributed by atoms with Gasteiger partial charge in [-0.2, -0.15) is 0 Å². The number of ether oxygens (including phenoxy) is 1. The van der Waals surface area contributed by atoms with Crippen LogP contribution in [-0.4, -0.2) is 46.2 Å². The van der Waals surface area contributed by atoms with E-state index in [0.29, 0.717) is 19.5 Å². The first kappa shape index (κ1) is 16.7. The Balaban J connectivity index is 1.42. The molecule has 1 amide bonds. The molecule has 2 aliphatic heterocycles. The molecule has 2 aliphatic rings. The summed E-state index contributed by atoms with van der Waals surface area (Å²) in [6, 6.07) is 3.76. The van der Waals surface area contributed by atoms with Gasteiger partial charge in [-0.05, 0) is 40.9 Å². The van der Waals surface area contributed by atoms with Crippen LogP contribution in [0.15, 0.2) is 27.5 Å². The van der Waals surface area contributed by atoms with Crippen molar-refractivity contribution in [3.05, 3.63) is 37.4 Å². The third-order valence-corrected chi connectivity index (χ3v) is 7.39. The van der Waals surface area contributed by atoms with Crippen LogP contribution < -0.4 is 0 Å². The molecule has 128 valence electrons. The van der Waals surface area contributed by atoms with E-state index in [2.05, 4.69) is 20.9 Å². The molecular weight excluding hydrogens is 412 g/mol. The van der Waals surface area contributed by atoms with Crippen LogP contribution in [-0.2, 0) is 10.3 Å². The molecule has 2 aromatic rings. The van der Waals surface area contributed by atoms with Gasteiger partial charge in [-0.25, -0.2) is 4.98 Å². The standard InChI is InChI=1S/C16H17BrN2O3S2/c17-12-2-1-11(24-12)13(20)19-6-3-15(4-7-19)9-16(21,10-22-15)14-18-5-8-23-14/h1-2,5,8,21H,3-4,6-7,9-10H2/t16-/m0/s1. The summed E-state index contributed by atoms with van der Waals surface area (Å²) in [5.74, 6) is 0.0775. The number of carbonyl (C=O) groups is 1. The van der Waals surface area contributed by atoms with Gasteiger partial charge in [0.15, 0.2) is 0 Å². The van der Waals surface area contributed by atoms with Gasteiger partial charge in [0.1, 0.15) is 10.6 Å². The van der Waals surface area contributed by atoms with Crippen molar-refractivity contribution in [2.75, 3.05) is 19.7 Å². The Bertz CT molecular complexity index is 740. The molecule has 0 saturated carbocycles. The molecule has 2 aromatic heterocycles. The smallest absolute Gasteiger partial charge is 0.263 e. The number of halogens is 1. The molecule has 4 heterocycles. The van der Waals surface area contributed by atoms with E-state index >= 15 is 0 Å². The van der Waals surface area contributed by atoms with Crippen molar-refractivity contribution < 1.29 is 14.6 Å². The molecule has 1 N–H and O–H groups in total. The van der Waals surface area contributed by atoms with E-state index in [1.54, 1.807) is 6.20 Å². The number of hydrogen-bond acceptors (Lipinski definition) is 6. The Morgan fingerprint density at radius 3 is 2.79 bits per heavy atom. The first-order valence-corrected chi connectivity index (χ1v) is 10.3. The van der Waals surface area contributed by atoms with E-state index in [-0.39, 0.29) is 18.1 Å². The second kappa shape index (κ2) is 6.17. The number of aromatic nitrogens is 1. The van der Waals surface area contributed by atoms with E-state index in [9.17, 15) is 9.90 Å². The van der Waals surface area contributed by atoms with Gasteiger partial charge in [0.25, 0.3) is 5.91 Å². The zero-order valence-electron chi connectivity index (χ0n) is 12.9. The van der Waals surface area contributed by atoms with Gasteiger partial charge in [0.05, 0.1) is 20.9 Å². The van der Waals surface area contributed by atoms with Gasteiger partial charge in [-0.3, -0.25) is 4.79 Å². The number of hydrogen-bond donors (Lipinski definition) is 1. The normalized spacial score (nSPS) is 26.2. The maximum Gasteiger partial charge on any atom is 0.263 e. The second-order valence-corrected chi connectivity index (χ2v) is 9.77. The minimum atomic E-state index is -0.987. The largest absolute Gasteiger partial charge is 0.380 e. The van der Waals surface area contributed by atoms with E-state index in [1.807, 2.05) is 22.4 Å². The van der Waals surface area contributed by atoms with Gasteiger partial charge < -0.3 is 14.7 Å². The maximum atomic E-state index is 12.5. The number of carbonyl (C=O) groups excluding carboxylic acids is 1. The molecule has 8 heteroatoms. The monoisotopic (exact) mass is 428 g/mol. The summed E-state index contributed by atoms with van der Waals surface area (Å²) in [7, 11) is 0. The topological polar surface area (TPSA) is 62.7 Å². The Kier molecular flexibility index (Phi) is 4.29. The van der Waals surface area contributed by atoms with Gasteiger partial charge in [0, 0.05) is 31.1 Å². The summed E-state index contributed by atoms with van der Waals surface area (Å²) in [4.78, 5) is 19.4. The SMILES string of the molecule is O=C(c1ccc(Br)s1)N1CCC2(CC1)C[C@@](O)(c1nccs1)CO2. The van der Waals surface area contributed by atoms with E-state index in [4.69, 9.17) is 4.74 Å². The van der Waals surface area contributed by atoms with Gasteiger partial charge >= 0.3 is 0 Å². The summed E-state index contributed by atoms with van der Waals surface area (Å²) in [6.45, 7) is 1.59. The number of thiazole rings is 1. The molecule has 5 nitrogen and oxygen atoms in total. The molecule has 0 bridgehead atoms. The summed E-state index contributed by atoms with van der Waals surface area (Å²) < 4.78 is 7.00.